The Bertz CT molecular complexity index is 601. The number of carbonyl (C=O) groups excluding carboxylic acids is 2. The molecule has 5 nitrogen and oxygen atoms in total. The van der Waals surface area contributed by atoms with Crippen molar-refractivity contribution in [3.05, 3.63) is 24.3 Å². The number of anilines is 2. The van der Waals surface area contributed by atoms with Crippen LogP contribution in [0.25, 0.3) is 0 Å². The maximum atomic E-state index is 12.9. The highest BCUT2D eigenvalue weighted by Crippen LogP contribution is 2.39. The number of rotatable bonds is 1. The molecule has 1 aromatic carbocycles. The number of hydrogen-bond acceptors (Lipinski definition) is 3. The van der Waals surface area contributed by atoms with Crippen LogP contribution in [0.4, 0.5) is 11.4 Å². The normalized spacial score (nSPS) is 30.8. The third-order valence-electron chi connectivity index (χ3n) is 5.05. The van der Waals surface area contributed by atoms with Crippen molar-refractivity contribution in [1.82, 2.24) is 5.32 Å². The topological polar surface area (TPSA) is 61.4 Å². The van der Waals surface area contributed by atoms with E-state index in [1.165, 1.54) is 12.8 Å². The van der Waals surface area contributed by atoms with E-state index in [2.05, 4.69) is 10.6 Å². The molecule has 0 aromatic heterocycles. The van der Waals surface area contributed by atoms with Gasteiger partial charge < -0.3 is 10.6 Å². The standard InChI is InChI=1S/C16H19N3O2/c20-14-9-19(13-7-2-1-6-12(13)18-14)16(21)15-11-5-3-4-10(11)8-17-15/h1-2,6-7,10-11,15,17H,3-5,8-9H2,(H,18,20). The molecule has 21 heavy (non-hydrogen) atoms. The molecule has 0 radical (unpaired) electrons. The smallest absolute Gasteiger partial charge is 0.244 e. The monoisotopic (exact) mass is 285 g/mol. The van der Waals surface area contributed by atoms with E-state index in [1.54, 1.807) is 4.90 Å². The van der Waals surface area contributed by atoms with Crippen molar-refractivity contribution in [2.24, 2.45) is 11.8 Å². The van der Waals surface area contributed by atoms with E-state index in [0.29, 0.717) is 11.8 Å². The van der Waals surface area contributed by atoms with E-state index in [1.807, 2.05) is 24.3 Å². The van der Waals surface area contributed by atoms with Crippen LogP contribution in [0.3, 0.4) is 0 Å². The van der Waals surface area contributed by atoms with Gasteiger partial charge in [-0.3, -0.25) is 14.5 Å². The van der Waals surface area contributed by atoms with Gasteiger partial charge in [-0.25, -0.2) is 0 Å². The average Bonchev–Trinajstić information content (AvgIpc) is 3.08. The zero-order valence-corrected chi connectivity index (χ0v) is 11.8. The Labute approximate surface area is 123 Å². The summed E-state index contributed by atoms with van der Waals surface area (Å²) in [6, 6.07) is 7.38. The second-order valence-electron chi connectivity index (χ2n) is 6.23. The van der Waals surface area contributed by atoms with Crippen molar-refractivity contribution >= 4 is 23.2 Å². The maximum Gasteiger partial charge on any atom is 0.244 e. The molecule has 1 saturated heterocycles. The summed E-state index contributed by atoms with van der Waals surface area (Å²) in [7, 11) is 0. The van der Waals surface area contributed by atoms with Gasteiger partial charge in [-0.05, 0) is 43.4 Å². The lowest BCUT2D eigenvalue weighted by atomic mass is 9.93. The molecule has 2 N–H and O–H groups in total. The predicted molar refractivity (Wildman–Crippen MR) is 80.0 cm³/mol. The van der Waals surface area contributed by atoms with E-state index in [0.717, 1.165) is 24.3 Å². The summed E-state index contributed by atoms with van der Waals surface area (Å²) < 4.78 is 0. The van der Waals surface area contributed by atoms with E-state index in [4.69, 9.17) is 0 Å². The number of amides is 2. The Morgan fingerprint density at radius 2 is 2.10 bits per heavy atom. The average molecular weight is 285 g/mol. The number of carbonyl (C=O) groups is 2. The molecule has 1 aromatic rings. The van der Waals surface area contributed by atoms with Gasteiger partial charge in [-0.15, -0.1) is 0 Å². The fraction of sp³-hybridized carbons (Fsp3) is 0.500. The van der Waals surface area contributed by atoms with Crippen LogP contribution in [0.2, 0.25) is 0 Å². The first-order valence-electron chi connectivity index (χ1n) is 7.67. The quantitative estimate of drug-likeness (QED) is 0.819. The fourth-order valence-electron chi connectivity index (χ4n) is 4.06. The van der Waals surface area contributed by atoms with Crippen LogP contribution in [0.15, 0.2) is 24.3 Å². The van der Waals surface area contributed by atoms with Crippen molar-refractivity contribution < 1.29 is 9.59 Å². The molecule has 1 saturated carbocycles. The van der Waals surface area contributed by atoms with E-state index < -0.39 is 0 Å². The molecule has 2 aliphatic heterocycles. The summed E-state index contributed by atoms with van der Waals surface area (Å²) in [5, 5.41) is 6.21. The molecular weight excluding hydrogens is 266 g/mol. The minimum absolute atomic E-state index is 0.0479. The number of nitrogens with zero attached hydrogens (tertiary/aromatic N) is 1. The first-order valence-corrected chi connectivity index (χ1v) is 7.67. The van der Waals surface area contributed by atoms with Gasteiger partial charge in [0.25, 0.3) is 0 Å². The Morgan fingerprint density at radius 3 is 3.00 bits per heavy atom. The van der Waals surface area contributed by atoms with E-state index in [-0.39, 0.29) is 24.4 Å². The van der Waals surface area contributed by atoms with Gasteiger partial charge >= 0.3 is 0 Å². The molecule has 5 heteroatoms. The molecule has 2 amide bonds. The lowest BCUT2D eigenvalue weighted by Crippen LogP contribution is -2.51. The second kappa shape index (κ2) is 4.84. The van der Waals surface area contributed by atoms with E-state index in [9.17, 15) is 9.59 Å². The summed E-state index contributed by atoms with van der Waals surface area (Å²) in [5.74, 6) is 0.997. The Hall–Kier alpha value is -1.88. The largest absolute Gasteiger partial charge is 0.323 e. The van der Waals surface area contributed by atoms with Crippen LogP contribution >= 0.6 is 0 Å². The van der Waals surface area contributed by atoms with Crippen LogP contribution < -0.4 is 15.5 Å². The van der Waals surface area contributed by atoms with Gasteiger partial charge in [-0.1, -0.05) is 18.6 Å². The van der Waals surface area contributed by atoms with Gasteiger partial charge in [0.05, 0.1) is 17.4 Å². The first kappa shape index (κ1) is 12.8. The zero-order valence-electron chi connectivity index (χ0n) is 11.8. The highest BCUT2D eigenvalue weighted by molar-refractivity contribution is 6.11. The predicted octanol–water partition coefficient (Wildman–Crippen LogP) is 1.36. The summed E-state index contributed by atoms with van der Waals surface area (Å²) in [6.07, 6.45) is 3.56. The lowest BCUT2D eigenvalue weighted by Gasteiger charge is -2.32. The van der Waals surface area contributed by atoms with Crippen molar-refractivity contribution in [3.63, 3.8) is 0 Å². The number of fused-ring (bicyclic) bond motifs is 2. The number of nitrogens with one attached hydrogen (secondary N) is 2. The van der Waals surface area contributed by atoms with Crippen LogP contribution in [0.1, 0.15) is 19.3 Å². The zero-order chi connectivity index (χ0) is 14.4. The van der Waals surface area contributed by atoms with Gasteiger partial charge in [0, 0.05) is 0 Å². The molecule has 110 valence electrons. The van der Waals surface area contributed by atoms with Crippen LogP contribution in [-0.2, 0) is 9.59 Å². The van der Waals surface area contributed by atoms with Crippen molar-refractivity contribution in [3.8, 4) is 0 Å². The molecule has 0 bridgehead atoms. The van der Waals surface area contributed by atoms with Gasteiger partial charge in [0.15, 0.2) is 0 Å². The molecule has 3 atom stereocenters. The van der Waals surface area contributed by atoms with Crippen LogP contribution in [0.5, 0.6) is 0 Å². The highest BCUT2D eigenvalue weighted by atomic mass is 16.2. The van der Waals surface area contributed by atoms with Gasteiger partial charge in [0.1, 0.15) is 6.54 Å². The first-order chi connectivity index (χ1) is 10.2. The van der Waals surface area contributed by atoms with E-state index >= 15 is 0 Å². The molecular formula is C16H19N3O2. The summed E-state index contributed by atoms with van der Waals surface area (Å²) >= 11 is 0. The SMILES string of the molecule is O=C1CN(C(=O)C2NCC3CCCC32)c2ccccc2N1. The molecule has 2 fully saturated rings. The fourth-order valence-corrected chi connectivity index (χ4v) is 4.06. The van der Waals surface area contributed by atoms with Crippen LogP contribution in [0, 0.1) is 11.8 Å². The van der Waals surface area contributed by atoms with Gasteiger partial charge in [-0.2, -0.15) is 0 Å². The second-order valence-corrected chi connectivity index (χ2v) is 6.23. The molecule has 4 rings (SSSR count). The van der Waals surface area contributed by atoms with Crippen LogP contribution in [-0.4, -0.2) is 30.9 Å². The third kappa shape index (κ3) is 2.03. The van der Waals surface area contributed by atoms with Crippen molar-refractivity contribution in [2.45, 2.75) is 25.3 Å². The number of para-hydroxylation sites is 2. The summed E-state index contributed by atoms with van der Waals surface area (Å²) in [5.41, 5.74) is 1.54. The lowest BCUT2D eigenvalue weighted by molar-refractivity contribution is -0.123. The molecule has 2 heterocycles. The summed E-state index contributed by atoms with van der Waals surface area (Å²) in [6.45, 7) is 1.05. The maximum absolute atomic E-state index is 12.9. The Morgan fingerprint density at radius 1 is 1.24 bits per heavy atom. The van der Waals surface area contributed by atoms with Crippen molar-refractivity contribution in [1.29, 1.82) is 0 Å². The van der Waals surface area contributed by atoms with Gasteiger partial charge in [0.2, 0.25) is 11.8 Å². The highest BCUT2D eigenvalue weighted by Gasteiger charge is 2.44. The Balaban J connectivity index is 1.64. The number of hydrogen-bond donors (Lipinski definition) is 2. The minimum atomic E-state index is -0.128. The molecule has 1 aliphatic carbocycles. The minimum Gasteiger partial charge on any atom is -0.323 e. The molecule has 0 spiro atoms. The molecule has 3 unspecified atom stereocenters. The summed E-state index contributed by atoms with van der Waals surface area (Å²) in [4.78, 5) is 26.4. The molecule has 3 aliphatic rings. The van der Waals surface area contributed by atoms with Crippen molar-refractivity contribution in [2.75, 3.05) is 23.3 Å². The Kier molecular flexibility index (Phi) is 2.96. The third-order valence-corrected chi connectivity index (χ3v) is 5.05. The number of benzene rings is 1.